The molecule has 7 nitrogen and oxygen atoms in total. The van der Waals surface area contributed by atoms with Gasteiger partial charge in [0.15, 0.2) is 0 Å². The van der Waals surface area contributed by atoms with Crippen LogP contribution in [0.4, 0.5) is 8.78 Å². The Kier molecular flexibility index (Phi) is 6.31. The van der Waals surface area contributed by atoms with Crippen LogP contribution < -0.4 is 0 Å². The van der Waals surface area contributed by atoms with Crippen LogP contribution in [0.2, 0.25) is 0 Å². The molecule has 1 saturated heterocycles. The zero-order chi connectivity index (χ0) is 23.8. The van der Waals surface area contributed by atoms with E-state index in [0.717, 1.165) is 27.6 Å². The lowest BCUT2D eigenvalue weighted by molar-refractivity contribution is -0.135. The quantitative estimate of drug-likeness (QED) is 0.682. The molecule has 0 radical (unpaired) electrons. The summed E-state index contributed by atoms with van der Waals surface area (Å²) in [6.45, 7) is 1.68. The third kappa shape index (κ3) is 4.53. The molecule has 2 amide bonds. The highest BCUT2D eigenvalue weighted by Gasteiger charge is 2.34. The molecule has 33 heavy (non-hydrogen) atoms. The smallest absolute Gasteiger partial charge is 0.246 e. The van der Waals surface area contributed by atoms with Gasteiger partial charge >= 0.3 is 0 Å². The van der Waals surface area contributed by atoms with Gasteiger partial charge < -0.3 is 9.80 Å². The van der Waals surface area contributed by atoms with Crippen LogP contribution in [0, 0.1) is 11.6 Å². The van der Waals surface area contributed by atoms with Crippen LogP contribution in [0.1, 0.15) is 30.5 Å². The summed E-state index contributed by atoms with van der Waals surface area (Å²) in [6.07, 6.45) is 3.56. The van der Waals surface area contributed by atoms with Crippen molar-refractivity contribution in [1.29, 1.82) is 0 Å². The molecule has 0 spiro atoms. The molecule has 2 aromatic rings. The molecule has 0 N–H and O–H groups in total. The van der Waals surface area contributed by atoms with Gasteiger partial charge in [-0.15, -0.1) is 0 Å². The van der Waals surface area contributed by atoms with Crippen molar-refractivity contribution in [2.45, 2.75) is 24.3 Å². The summed E-state index contributed by atoms with van der Waals surface area (Å²) in [5.74, 6) is -2.40. The molecule has 0 aromatic heterocycles. The largest absolute Gasteiger partial charge is 0.340 e. The molecule has 0 unspecified atom stereocenters. The maximum absolute atomic E-state index is 14.0. The van der Waals surface area contributed by atoms with Gasteiger partial charge in [-0.2, -0.15) is 4.31 Å². The van der Waals surface area contributed by atoms with Crippen molar-refractivity contribution < 1.29 is 26.8 Å². The minimum absolute atomic E-state index is 0.0114. The van der Waals surface area contributed by atoms with E-state index in [0.29, 0.717) is 6.07 Å². The number of hydrogen-bond donors (Lipinski definition) is 0. The van der Waals surface area contributed by atoms with Crippen molar-refractivity contribution in [3.05, 3.63) is 71.4 Å². The molecular weight excluding hydrogens is 452 g/mol. The van der Waals surface area contributed by atoms with Gasteiger partial charge in [-0.1, -0.05) is 24.3 Å². The fourth-order valence-corrected chi connectivity index (χ4v) is 5.68. The van der Waals surface area contributed by atoms with Crippen LogP contribution in [0.15, 0.2) is 53.6 Å². The zero-order valence-corrected chi connectivity index (χ0v) is 18.8. The van der Waals surface area contributed by atoms with E-state index in [9.17, 15) is 26.8 Å². The summed E-state index contributed by atoms with van der Waals surface area (Å²) < 4.78 is 53.8. The van der Waals surface area contributed by atoms with Gasteiger partial charge in [0.2, 0.25) is 21.8 Å². The molecule has 0 aliphatic carbocycles. The summed E-state index contributed by atoms with van der Waals surface area (Å²) in [5.41, 5.74) is 1.81. The van der Waals surface area contributed by atoms with Crippen molar-refractivity contribution in [2.24, 2.45) is 0 Å². The molecular formula is C23H23F2N3O4S. The van der Waals surface area contributed by atoms with Crippen LogP contribution in [0.3, 0.4) is 0 Å². The first-order valence-electron chi connectivity index (χ1n) is 10.5. The van der Waals surface area contributed by atoms with E-state index in [1.165, 1.54) is 11.8 Å². The highest BCUT2D eigenvalue weighted by atomic mass is 32.2. The van der Waals surface area contributed by atoms with Gasteiger partial charge in [0, 0.05) is 45.4 Å². The third-order valence-corrected chi connectivity index (χ3v) is 7.87. The fourth-order valence-electron chi connectivity index (χ4n) is 4.21. The number of rotatable bonds is 4. The van der Waals surface area contributed by atoms with Crippen LogP contribution >= 0.6 is 0 Å². The molecule has 2 heterocycles. The first kappa shape index (κ1) is 23.1. The predicted octanol–water partition coefficient (Wildman–Crippen LogP) is 2.76. The maximum atomic E-state index is 14.0. The monoisotopic (exact) mass is 475 g/mol. The molecule has 2 aromatic carbocycles. The van der Waals surface area contributed by atoms with E-state index < -0.39 is 32.6 Å². The number of carbonyl (C=O) groups excluding carboxylic acids is 2. The van der Waals surface area contributed by atoms with Crippen LogP contribution in [0.5, 0.6) is 0 Å². The Hall–Kier alpha value is -3.11. The summed E-state index contributed by atoms with van der Waals surface area (Å²) in [4.78, 5) is 27.7. The highest BCUT2D eigenvalue weighted by molar-refractivity contribution is 7.89. The molecule has 1 atom stereocenters. The van der Waals surface area contributed by atoms with Crippen molar-refractivity contribution in [3.8, 4) is 0 Å². The van der Waals surface area contributed by atoms with E-state index in [4.69, 9.17) is 0 Å². The second-order valence-corrected chi connectivity index (χ2v) is 9.86. The Morgan fingerprint density at radius 1 is 1.03 bits per heavy atom. The van der Waals surface area contributed by atoms with Crippen LogP contribution in [-0.4, -0.2) is 60.5 Å². The summed E-state index contributed by atoms with van der Waals surface area (Å²) in [5, 5.41) is 0. The normalized spacial score (nSPS) is 18.8. The topological polar surface area (TPSA) is 78.0 Å². The van der Waals surface area contributed by atoms with Gasteiger partial charge in [-0.05, 0) is 29.3 Å². The fraction of sp³-hybridized carbons (Fsp3) is 0.304. The highest BCUT2D eigenvalue weighted by Crippen LogP contribution is 2.33. The number of piperazine rings is 1. The molecule has 174 valence electrons. The van der Waals surface area contributed by atoms with Gasteiger partial charge in [0.1, 0.15) is 16.5 Å². The molecule has 2 aliphatic heterocycles. The Morgan fingerprint density at radius 3 is 2.39 bits per heavy atom. The van der Waals surface area contributed by atoms with Crippen LogP contribution in [0.25, 0.3) is 6.08 Å². The lowest BCUT2D eigenvalue weighted by Gasteiger charge is -2.37. The van der Waals surface area contributed by atoms with Crippen LogP contribution in [-0.2, 0) is 19.6 Å². The molecule has 0 bridgehead atoms. The lowest BCUT2D eigenvalue weighted by atomic mass is 9.93. The molecule has 10 heteroatoms. The van der Waals surface area contributed by atoms with Gasteiger partial charge in [-0.25, -0.2) is 17.2 Å². The van der Waals surface area contributed by atoms with Crippen molar-refractivity contribution in [3.63, 3.8) is 0 Å². The van der Waals surface area contributed by atoms with E-state index >= 15 is 0 Å². The minimum atomic E-state index is -4.15. The number of fused-ring (bicyclic) bond motifs is 1. The summed E-state index contributed by atoms with van der Waals surface area (Å²) >= 11 is 0. The van der Waals surface area contributed by atoms with Gasteiger partial charge in [0.25, 0.3) is 0 Å². The van der Waals surface area contributed by atoms with Crippen molar-refractivity contribution in [2.75, 3.05) is 26.2 Å². The second-order valence-electron chi connectivity index (χ2n) is 7.95. The van der Waals surface area contributed by atoms with Crippen molar-refractivity contribution >= 4 is 27.9 Å². The van der Waals surface area contributed by atoms with E-state index in [2.05, 4.69) is 0 Å². The maximum Gasteiger partial charge on any atom is 0.246 e. The van der Waals surface area contributed by atoms with E-state index in [1.807, 2.05) is 30.3 Å². The first-order valence-corrected chi connectivity index (χ1v) is 11.9. The summed E-state index contributed by atoms with van der Waals surface area (Å²) in [6, 6.07) is 9.42. The van der Waals surface area contributed by atoms with E-state index in [1.54, 1.807) is 11.1 Å². The van der Waals surface area contributed by atoms with Gasteiger partial charge in [-0.3, -0.25) is 9.59 Å². The van der Waals surface area contributed by atoms with E-state index in [-0.39, 0.29) is 44.4 Å². The molecule has 0 saturated carbocycles. The van der Waals surface area contributed by atoms with Crippen molar-refractivity contribution in [1.82, 2.24) is 14.1 Å². The second kappa shape index (κ2) is 9.03. The number of sulfonamides is 1. The average Bonchev–Trinajstić information content (AvgIpc) is 2.79. The number of halogens is 2. The SMILES string of the molecule is CC(=O)N1C=Cc2ccccc2[C@@H]1CC(=O)N1CCN(S(=O)(=O)c2ccc(F)cc2F)CC1. The molecule has 4 rings (SSSR count). The Morgan fingerprint density at radius 2 is 1.73 bits per heavy atom. The molecule has 1 fully saturated rings. The summed E-state index contributed by atoms with van der Waals surface area (Å²) in [7, 11) is -4.15. The molecule has 2 aliphatic rings. The Balaban J connectivity index is 1.45. The Labute approximate surface area is 190 Å². The number of carbonyl (C=O) groups is 2. The first-order chi connectivity index (χ1) is 15.7. The third-order valence-electron chi connectivity index (χ3n) is 5.94. The minimum Gasteiger partial charge on any atom is -0.340 e. The standard InChI is InChI=1S/C23H23F2N3O4S/c1-16(29)28-9-8-17-4-2-3-5-19(17)21(28)15-23(30)26-10-12-27(13-11-26)33(31,32)22-7-6-18(24)14-20(22)25/h2-9,14,21H,10-13,15H2,1H3/t21-/m0/s1. The number of hydrogen-bond acceptors (Lipinski definition) is 4. The Bertz CT molecular complexity index is 1220. The zero-order valence-electron chi connectivity index (χ0n) is 17.9. The van der Waals surface area contributed by atoms with Gasteiger partial charge in [0.05, 0.1) is 12.5 Å². The predicted molar refractivity (Wildman–Crippen MR) is 117 cm³/mol. The average molecular weight is 476 g/mol. The number of amides is 2. The number of benzene rings is 2. The number of nitrogens with zero attached hydrogens (tertiary/aromatic N) is 3. The lowest BCUT2D eigenvalue weighted by Crippen LogP contribution is -2.51.